The summed E-state index contributed by atoms with van der Waals surface area (Å²) in [5.41, 5.74) is 0. The molecule has 0 fully saturated rings. The van der Waals surface area contributed by atoms with E-state index >= 15 is 0 Å². The summed E-state index contributed by atoms with van der Waals surface area (Å²) in [5, 5.41) is 75.8. The Morgan fingerprint density at radius 3 is 0.467 bits per heavy atom. The first-order chi connectivity index (χ1) is 5.20. The summed E-state index contributed by atoms with van der Waals surface area (Å²) in [4.78, 5) is 0. The van der Waals surface area contributed by atoms with Gasteiger partial charge in [0.2, 0.25) is 0 Å². The smallest absolute Gasteiger partial charge is 0.907 e. The largest absolute Gasteiger partial charge is 3.00 e. The van der Waals surface area contributed by atoms with Crippen molar-refractivity contribution >= 4 is 39.3 Å². The van der Waals surface area contributed by atoms with Crippen molar-refractivity contribution in [3.05, 3.63) is 0 Å². The molecule has 0 aromatic rings. The normalized spacial score (nSPS) is 5.40. The zero-order valence-corrected chi connectivity index (χ0v) is 15.0. The first-order valence-electron chi connectivity index (χ1n) is 2.12. The zero-order valence-electron chi connectivity index (χ0n) is 7.06. The van der Waals surface area contributed by atoms with Gasteiger partial charge >= 0.3 is 94.7 Å². The Hall–Kier alpha value is 2.94. The maximum absolute atomic E-state index is 8.42. The van der Waals surface area contributed by atoms with E-state index in [9.17, 15) is 0 Å². The fraction of sp³-hybridized carbons (Fsp3) is 0. The van der Waals surface area contributed by atoms with E-state index in [1.165, 1.54) is 0 Å². The van der Waals surface area contributed by atoms with Gasteiger partial charge in [-0.3, -0.25) is 22.0 Å². The molecule has 0 saturated heterocycles. The van der Waals surface area contributed by atoms with Crippen LogP contribution in [0.15, 0.2) is 0 Å². The van der Waals surface area contributed by atoms with Crippen molar-refractivity contribution in [1.82, 2.24) is 0 Å². The van der Waals surface area contributed by atoms with Gasteiger partial charge in [0.1, 0.15) is 0 Å². The van der Waals surface area contributed by atoms with Gasteiger partial charge in [-0.1, -0.05) is 0 Å². The average Bonchev–Trinajstić information content (AvgIpc) is 1.54. The second-order valence-electron chi connectivity index (χ2n) is 0.866. The van der Waals surface area contributed by atoms with Gasteiger partial charge in [0.25, 0.3) is 0 Å². The molecule has 0 aliphatic carbocycles. The first-order valence-corrected chi connectivity index (χ1v) is 2.12. The maximum Gasteiger partial charge on any atom is 3.00 e. The molecule has 0 N–H and O–H groups in total. The molecular weight excluding hydrogens is 482 g/mol. The molecule has 1 radical (unpaired) electrons. The minimum atomic E-state index is -2.92. The number of hydrogen-bond donors (Lipinski definition) is 0. The molecule has 0 unspecified atom stereocenters. The Balaban J connectivity index is -0.0000000184. The molecule has 0 heterocycles. The van der Waals surface area contributed by atoms with Crippen LogP contribution in [0.5, 0.6) is 0 Å². The fourth-order valence-electron chi connectivity index (χ4n) is 0. The molecule has 0 aliphatic rings. The molecule has 0 aromatic carbocycles. The molecule has 0 atom stereocenters. The van der Waals surface area contributed by atoms with Gasteiger partial charge in [-0.25, -0.2) is 0 Å². The first kappa shape index (κ1) is 36.1. The van der Waals surface area contributed by atoms with Crippen molar-refractivity contribution in [2.75, 3.05) is 0 Å². The zero-order chi connectivity index (χ0) is 10.7. The Labute approximate surface area is 159 Å². The molecule has 0 aliphatic heterocycles. The maximum atomic E-state index is 8.42. The van der Waals surface area contributed by atoms with Gasteiger partial charge in [-0.15, -0.1) is 0 Å². The van der Waals surface area contributed by atoms with Gasteiger partial charge < -0.3 is 45.2 Å². The van der Waals surface area contributed by atoms with Gasteiger partial charge in [0.15, 0.2) is 0 Å². The van der Waals surface area contributed by atoms with Crippen molar-refractivity contribution in [1.29, 1.82) is 0 Å². The third-order valence-electron chi connectivity index (χ3n) is 0. The molecule has 0 bridgehead atoms. The van der Waals surface area contributed by atoms with Crippen LogP contribution in [0.25, 0.3) is 0 Å². The average molecular weight is 482 g/mol. The van der Waals surface area contributed by atoms with Crippen LogP contribution in [0.2, 0.25) is 0 Å². The SMILES string of the molecule is [Al+3].[Ce+3].[La+3].[O-]B([O-])[O-].[O-]B([O-])[O-].[O-]B([O-])[O-]. The molecule has 15 heavy (non-hydrogen) atoms. The minimum Gasteiger partial charge on any atom is -0.907 e. The van der Waals surface area contributed by atoms with Crippen molar-refractivity contribution in [2.45, 2.75) is 0 Å². The second-order valence-corrected chi connectivity index (χ2v) is 0.866. The summed E-state index contributed by atoms with van der Waals surface area (Å²) in [6, 6.07) is 0. The van der Waals surface area contributed by atoms with Crippen molar-refractivity contribution in [2.24, 2.45) is 0 Å². The summed E-state index contributed by atoms with van der Waals surface area (Å²) in [6.45, 7) is 0. The third-order valence-corrected chi connectivity index (χ3v) is 0. The van der Waals surface area contributed by atoms with Crippen LogP contribution in [0.4, 0.5) is 0 Å². The summed E-state index contributed by atoms with van der Waals surface area (Å²) in [6.07, 6.45) is 0. The Kier molecular flexibility index (Phi) is 72.7. The van der Waals surface area contributed by atoms with E-state index in [0.29, 0.717) is 0 Å². The molecule has 9 nitrogen and oxygen atoms in total. The fourth-order valence-corrected chi connectivity index (χ4v) is 0. The Bertz CT molecular complexity index is 53.8. The quantitative estimate of drug-likeness (QED) is 0.300. The Morgan fingerprint density at radius 2 is 0.467 bits per heavy atom. The van der Waals surface area contributed by atoms with Crippen LogP contribution in [-0.4, -0.2) is 39.3 Å². The van der Waals surface area contributed by atoms with E-state index in [-0.39, 0.29) is 94.7 Å². The van der Waals surface area contributed by atoms with Crippen LogP contribution in [-0.2, 0) is 0 Å². The summed E-state index contributed by atoms with van der Waals surface area (Å²) < 4.78 is 0. The topological polar surface area (TPSA) is 208 Å². The van der Waals surface area contributed by atoms with E-state index in [4.69, 9.17) is 45.2 Å². The van der Waals surface area contributed by atoms with Gasteiger partial charge in [-0.05, 0) is 0 Å². The van der Waals surface area contributed by atoms with Crippen LogP contribution >= 0.6 is 0 Å². The number of rotatable bonds is 0. The summed E-state index contributed by atoms with van der Waals surface area (Å²) in [5.74, 6) is 0. The molecule has 0 rings (SSSR count). The van der Waals surface area contributed by atoms with Crippen molar-refractivity contribution in [3.63, 3.8) is 0 Å². The molecule has 73 valence electrons. The third kappa shape index (κ3) is 438. The van der Waals surface area contributed by atoms with Gasteiger partial charge in [0, 0.05) is 0 Å². The van der Waals surface area contributed by atoms with Crippen molar-refractivity contribution in [3.8, 4) is 0 Å². The molecule has 15 heteroatoms. The number of hydrogen-bond acceptors (Lipinski definition) is 9. The van der Waals surface area contributed by atoms with Crippen molar-refractivity contribution < 1.29 is 123 Å². The molecular formula is AlB3CeLaO9. The van der Waals surface area contributed by atoms with Crippen LogP contribution in [0.3, 0.4) is 0 Å². The van der Waals surface area contributed by atoms with Gasteiger partial charge in [0.05, 0.1) is 0 Å². The molecule has 0 spiro atoms. The monoisotopic (exact) mass is 483 g/mol. The molecule has 0 saturated carbocycles. The standard InChI is InChI=1S/Al.3BO3.Ce.La/c;3*2-1(3)4;;/q+3;3*-3;2*+3. The predicted molar refractivity (Wildman–Crippen MR) is 23.0 cm³/mol. The van der Waals surface area contributed by atoms with Gasteiger partial charge in [-0.2, -0.15) is 0 Å². The Morgan fingerprint density at radius 1 is 0.467 bits per heavy atom. The minimum absolute atomic E-state index is 0. The molecule has 0 amide bonds. The van der Waals surface area contributed by atoms with E-state index in [1.54, 1.807) is 0 Å². The van der Waals surface area contributed by atoms with E-state index < -0.39 is 22.0 Å². The van der Waals surface area contributed by atoms with E-state index in [2.05, 4.69) is 0 Å². The van der Waals surface area contributed by atoms with E-state index in [0.717, 1.165) is 0 Å². The van der Waals surface area contributed by atoms with Crippen LogP contribution < -0.4 is 45.2 Å². The molecule has 0 aromatic heterocycles. The van der Waals surface area contributed by atoms with Crippen LogP contribution in [0, 0.1) is 77.3 Å². The predicted octanol–water partition coefficient (Wildman–Crippen LogP) is -12.2. The summed E-state index contributed by atoms with van der Waals surface area (Å²) in [7, 11) is -8.75. The summed E-state index contributed by atoms with van der Waals surface area (Å²) >= 11 is 0. The second kappa shape index (κ2) is 30.2. The van der Waals surface area contributed by atoms with E-state index in [1.807, 2.05) is 0 Å². The van der Waals surface area contributed by atoms with Crippen LogP contribution in [0.1, 0.15) is 0 Å².